The maximum atomic E-state index is 12.6. The second kappa shape index (κ2) is 4.60. The molecular weight excluding hydrogens is 222 g/mol. The van der Waals surface area contributed by atoms with Crippen LogP contribution in [0.2, 0.25) is 0 Å². The minimum absolute atomic E-state index is 0.186. The fourth-order valence-corrected chi connectivity index (χ4v) is 3.32. The van der Waals surface area contributed by atoms with Gasteiger partial charge in [0.2, 0.25) is 0 Å². The molecule has 0 radical (unpaired) electrons. The van der Waals surface area contributed by atoms with E-state index in [1.54, 1.807) is 0 Å². The Labute approximate surface area is 108 Å². The summed E-state index contributed by atoms with van der Waals surface area (Å²) in [4.78, 5) is 14.7. The fourth-order valence-electron chi connectivity index (χ4n) is 3.32. The van der Waals surface area contributed by atoms with Crippen molar-refractivity contribution >= 4 is 5.91 Å². The average Bonchev–Trinajstić information content (AvgIpc) is 2.43. The van der Waals surface area contributed by atoms with E-state index in [0.717, 1.165) is 31.2 Å². The van der Waals surface area contributed by atoms with Crippen molar-refractivity contribution in [1.29, 1.82) is 0 Å². The van der Waals surface area contributed by atoms with Crippen LogP contribution in [0.15, 0.2) is 42.5 Å². The number of piperidine rings is 2. The number of rotatable bonds is 1. The van der Waals surface area contributed by atoms with E-state index < -0.39 is 0 Å². The predicted molar refractivity (Wildman–Crippen MR) is 72.4 cm³/mol. The number of hydrogen-bond donors (Lipinski definition) is 0. The Bertz CT molecular complexity index is 465. The third-order valence-corrected chi connectivity index (χ3v) is 4.27. The van der Waals surface area contributed by atoms with E-state index in [0.29, 0.717) is 6.04 Å². The van der Waals surface area contributed by atoms with Gasteiger partial charge in [0.15, 0.2) is 0 Å². The maximum absolute atomic E-state index is 12.6. The summed E-state index contributed by atoms with van der Waals surface area (Å²) in [5.74, 6) is 0.186. The molecule has 2 bridgehead atoms. The number of carbonyl (C=O) groups excluding carboxylic acids is 1. The Morgan fingerprint density at radius 2 is 1.94 bits per heavy atom. The molecule has 0 spiro atoms. The number of fused-ring (bicyclic) bond motifs is 2. The molecule has 2 fully saturated rings. The average molecular weight is 241 g/mol. The summed E-state index contributed by atoms with van der Waals surface area (Å²) >= 11 is 0. The summed E-state index contributed by atoms with van der Waals surface area (Å²) in [6, 6.07) is 10.4. The van der Waals surface area contributed by atoms with Crippen LogP contribution in [0.1, 0.15) is 42.5 Å². The lowest BCUT2D eigenvalue weighted by Gasteiger charge is -2.47. The molecule has 18 heavy (non-hydrogen) atoms. The highest BCUT2D eigenvalue weighted by Gasteiger charge is 2.38. The van der Waals surface area contributed by atoms with Crippen LogP contribution >= 0.6 is 0 Å². The van der Waals surface area contributed by atoms with Crippen LogP contribution < -0.4 is 0 Å². The van der Waals surface area contributed by atoms with E-state index in [1.807, 2.05) is 30.3 Å². The van der Waals surface area contributed by atoms with Crippen molar-refractivity contribution in [2.24, 2.45) is 0 Å². The van der Waals surface area contributed by atoms with Crippen LogP contribution in [0.4, 0.5) is 0 Å². The highest BCUT2D eigenvalue weighted by Crippen LogP contribution is 2.37. The highest BCUT2D eigenvalue weighted by molar-refractivity contribution is 5.95. The molecule has 1 aromatic carbocycles. The summed E-state index contributed by atoms with van der Waals surface area (Å²) in [7, 11) is 0. The first-order chi connectivity index (χ1) is 8.77. The smallest absolute Gasteiger partial charge is 0.254 e. The van der Waals surface area contributed by atoms with Gasteiger partial charge in [0.1, 0.15) is 0 Å². The zero-order valence-electron chi connectivity index (χ0n) is 10.6. The van der Waals surface area contributed by atoms with Gasteiger partial charge in [-0.05, 0) is 44.2 Å². The quantitative estimate of drug-likeness (QED) is 0.690. The molecule has 2 atom stereocenters. The Morgan fingerprint density at radius 1 is 1.17 bits per heavy atom. The van der Waals surface area contributed by atoms with Gasteiger partial charge in [-0.3, -0.25) is 4.79 Å². The van der Waals surface area contributed by atoms with E-state index in [-0.39, 0.29) is 11.9 Å². The lowest BCUT2D eigenvalue weighted by atomic mass is 9.81. The van der Waals surface area contributed by atoms with Gasteiger partial charge < -0.3 is 4.90 Å². The second-order valence-electron chi connectivity index (χ2n) is 5.38. The molecule has 2 nitrogen and oxygen atoms in total. The highest BCUT2D eigenvalue weighted by atomic mass is 16.2. The van der Waals surface area contributed by atoms with Crippen molar-refractivity contribution in [3.8, 4) is 0 Å². The molecular formula is C16H19NO. The third kappa shape index (κ3) is 1.86. The van der Waals surface area contributed by atoms with Crippen LogP contribution in [-0.4, -0.2) is 22.9 Å². The molecule has 2 aliphatic rings. The lowest BCUT2D eigenvalue weighted by Crippen LogP contribution is -2.53. The molecule has 94 valence electrons. The number of nitrogens with zero attached hydrogens (tertiary/aromatic N) is 1. The zero-order valence-corrected chi connectivity index (χ0v) is 10.6. The first-order valence-electron chi connectivity index (χ1n) is 6.83. The molecule has 2 heteroatoms. The van der Waals surface area contributed by atoms with Gasteiger partial charge in [0.05, 0.1) is 6.04 Å². The van der Waals surface area contributed by atoms with Crippen LogP contribution in [-0.2, 0) is 0 Å². The van der Waals surface area contributed by atoms with Crippen molar-refractivity contribution in [1.82, 2.24) is 4.90 Å². The maximum Gasteiger partial charge on any atom is 0.254 e. The molecule has 1 amide bonds. The standard InChI is InChI=1S/C16H19NO/c1-12-10-11-14-8-5-9-15(12)17(14)16(18)13-6-3-2-4-7-13/h2-4,6-7,14-15H,1,5,8-11H2/t14-,15+/m1/s1. The molecule has 2 saturated heterocycles. The summed E-state index contributed by atoms with van der Waals surface area (Å²) in [6.45, 7) is 4.17. The molecule has 2 aliphatic heterocycles. The van der Waals surface area contributed by atoms with Gasteiger partial charge in [0.25, 0.3) is 5.91 Å². The Morgan fingerprint density at radius 3 is 2.72 bits per heavy atom. The van der Waals surface area contributed by atoms with Crippen molar-refractivity contribution in [2.75, 3.05) is 0 Å². The lowest BCUT2D eigenvalue weighted by molar-refractivity contribution is 0.0420. The summed E-state index contributed by atoms with van der Waals surface area (Å²) < 4.78 is 0. The number of hydrogen-bond acceptors (Lipinski definition) is 1. The van der Waals surface area contributed by atoms with Crippen molar-refractivity contribution in [3.63, 3.8) is 0 Å². The van der Waals surface area contributed by atoms with E-state index in [4.69, 9.17) is 0 Å². The van der Waals surface area contributed by atoms with Gasteiger partial charge >= 0.3 is 0 Å². The van der Waals surface area contributed by atoms with Gasteiger partial charge in [-0.2, -0.15) is 0 Å². The molecule has 1 aromatic rings. The van der Waals surface area contributed by atoms with Crippen LogP contribution in [0.25, 0.3) is 0 Å². The first kappa shape index (κ1) is 11.5. The monoisotopic (exact) mass is 241 g/mol. The molecule has 0 N–H and O–H groups in total. The van der Waals surface area contributed by atoms with Gasteiger partial charge in [0, 0.05) is 11.6 Å². The SMILES string of the molecule is C=C1CC[C@H]2CCC[C@@H]1N2C(=O)c1ccccc1. The number of benzene rings is 1. The molecule has 0 aromatic heterocycles. The minimum atomic E-state index is 0.186. The van der Waals surface area contributed by atoms with Crippen molar-refractivity contribution in [2.45, 2.75) is 44.2 Å². The largest absolute Gasteiger partial charge is 0.329 e. The van der Waals surface area contributed by atoms with Gasteiger partial charge in [-0.25, -0.2) is 0 Å². The van der Waals surface area contributed by atoms with E-state index in [1.165, 1.54) is 12.0 Å². The predicted octanol–water partition coefficient (Wildman–Crippen LogP) is 3.40. The van der Waals surface area contributed by atoms with E-state index >= 15 is 0 Å². The van der Waals surface area contributed by atoms with Crippen molar-refractivity contribution in [3.05, 3.63) is 48.0 Å². The first-order valence-corrected chi connectivity index (χ1v) is 6.83. The summed E-state index contributed by atoms with van der Waals surface area (Å²) in [6.07, 6.45) is 5.66. The van der Waals surface area contributed by atoms with E-state index in [9.17, 15) is 4.79 Å². The Hall–Kier alpha value is -1.57. The van der Waals surface area contributed by atoms with Crippen molar-refractivity contribution < 1.29 is 4.79 Å². The van der Waals surface area contributed by atoms with E-state index in [2.05, 4.69) is 11.5 Å². The molecule has 0 unspecified atom stereocenters. The Balaban J connectivity index is 1.90. The van der Waals surface area contributed by atoms with Crippen LogP contribution in [0.3, 0.4) is 0 Å². The molecule has 2 heterocycles. The topological polar surface area (TPSA) is 20.3 Å². The van der Waals surface area contributed by atoms with Crippen LogP contribution in [0.5, 0.6) is 0 Å². The summed E-state index contributed by atoms with van der Waals surface area (Å²) in [5, 5.41) is 0. The Kier molecular flexibility index (Phi) is 2.94. The zero-order chi connectivity index (χ0) is 12.5. The molecule has 0 aliphatic carbocycles. The molecule has 3 rings (SSSR count). The second-order valence-corrected chi connectivity index (χ2v) is 5.38. The molecule has 0 saturated carbocycles. The normalized spacial score (nSPS) is 27.1. The third-order valence-electron chi connectivity index (χ3n) is 4.27. The minimum Gasteiger partial charge on any atom is -0.329 e. The number of amides is 1. The number of carbonyl (C=O) groups is 1. The van der Waals surface area contributed by atoms with Crippen LogP contribution in [0, 0.1) is 0 Å². The fraction of sp³-hybridized carbons (Fsp3) is 0.438. The summed E-state index contributed by atoms with van der Waals surface area (Å²) in [5.41, 5.74) is 2.05. The van der Waals surface area contributed by atoms with Gasteiger partial charge in [-0.15, -0.1) is 0 Å². The van der Waals surface area contributed by atoms with Gasteiger partial charge in [-0.1, -0.05) is 30.4 Å².